The molecule has 2 aromatic rings. The predicted octanol–water partition coefficient (Wildman–Crippen LogP) is 2.40. The van der Waals surface area contributed by atoms with Gasteiger partial charge in [0.05, 0.1) is 5.69 Å². The van der Waals surface area contributed by atoms with E-state index in [4.69, 9.17) is 0 Å². The largest absolute Gasteiger partial charge is 0.435 e. The summed E-state index contributed by atoms with van der Waals surface area (Å²) in [4.78, 5) is 24.1. The Kier molecular flexibility index (Phi) is 3.50. The summed E-state index contributed by atoms with van der Waals surface area (Å²) in [5, 5.41) is 5.79. The SMILES string of the molecule is Cn1nc(C(F)(F)F)cc1NC(=O)C1CCC(=O)c2cccn21. The first-order valence-corrected chi connectivity index (χ1v) is 6.89. The van der Waals surface area contributed by atoms with Crippen LogP contribution in [0.5, 0.6) is 0 Å². The van der Waals surface area contributed by atoms with E-state index >= 15 is 0 Å². The number of ketones is 1. The molecule has 0 aromatic carbocycles. The van der Waals surface area contributed by atoms with Crippen molar-refractivity contribution in [3.05, 3.63) is 35.8 Å². The highest BCUT2D eigenvalue weighted by molar-refractivity contribution is 5.99. The van der Waals surface area contributed by atoms with Crippen LogP contribution in [0.25, 0.3) is 0 Å². The zero-order chi connectivity index (χ0) is 16.8. The number of carbonyl (C=O) groups is 2. The molecule has 2 aromatic heterocycles. The Bertz CT molecular complexity index is 775. The molecular formula is C14H13F3N4O2. The molecular weight excluding hydrogens is 313 g/mol. The van der Waals surface area contributed by atoms with Gasteiger partial charge in [-0.25, -0.2) is 0 Å². The minimum atomic E-state index is -4.58. The lowest BCUT2D eigenvalue weighted by atomic mass is 10.0. The number of hydrogen-bond acceptors (Lipinski definition) is 3. The average Bonchev–Trinajstić information content (AvgIpc) is 3.07. The molecule has 0 aliphatic carbocycles. The van der Waals surface area contributed by atoms with E-state index < -0.39 is 23.8 Å². The first kappa shape index (κ1) is 15.3. The molecule has 1 N–H and O–H groups in total. The van der Waals surface area contributed by atoms with Gasteiger partial charge < -0.3 is 9.88 Å². The van der Waals surface area contributed by atoms with Gasteiger partial charge in [0.25, 0.3) is 0 Å². The van der Waals surface area contributed by atoms with Gasteiger partial charge in [-0.15, -0.1) is 0 Å². The summed E-state index contributed by atoms with van der Waals surface area (Å²) in [5.74, 6) is -0.585. The van der Waals surface area contributed by atoms with Crippen molar-refractivity contribution >= 4 is 17.5 Å². The number of amides is 1. The van der Waals surface area contributed by atoms with E-state index in [-0.39, 0.29) is 18.0 Å². The normalized spacial score (nSPS) is 17.9. The number of nitrogens with one attached hydrogen (secondary N) is 1. The second kappa shape index (κ2) is 5.25. The Morgan fingerprint density at radius 1 is 1.43 bits per heavy atom. The number of aromatic nitrogens is 3. The fraction of sp³-hybridized carbons (Fsp3) is 0.357. The summed E-state index contributed by atoms with van der Waals surface area (Å²) in [5.41, 5.74) is -0.645. The molecule has 0 spiro atoms. The van der Waals surface area contributed by atoms with Gasteiger partial charge in [-0.1, -0.05) is 0 Å². The van der Waals surface area contributed by atoms with Crippen LogP contribution in [0, 0.1) is 0 Å². The van der Waals surface area contributed by atoms with Gasteiger partial charge in [0.2, 0.25) is 5.91 Å². The summed E-state index contributed by atoms with van der Waals surface area (Å²) in [6.45, 7) is 0. The molecule has 0 radical (unpaired) electrons. The molecule has 0 bridgehead atoms. The van der Waals surface area contributed by atoms with Gasteiger partial charge in [-0.05, 0) is 18.6 Å². The van der Waals surface area contributed by atoms with Crippen LogP contribution in [0.3, 0.4) is 0 Å². The van der Waals surface area contributed by atoms with Crippen molar-refractivity contribution in [3.63, 3.8) is 0 Å². The number of fused-ring (bicyclic) bond motifs is 1. The fourth-order valence-corrected chi connectivity index (χ4v) is 2.63. The highest BCUT2D eigenvalue weighted by atomic mass is 19.4. The van der Waals surface area contributed by atoms with Gasteiger partial charge in [0, 0.05) is 25.7 Å². The average molecular weight is 326 g/mol. The standard InChI is InChI=1S/C14H13F3N4O2/c1-20-12(7-11(19-20)14(15,16)17)18-13(23)9-4-5-10(22)8-3-2-6-21(8)9/h2-3,6-7,9H,4-5H2,1H3,(H,18,23). The minimum absolute atomic E-state index is 0.0482. The molecule has 9 heteroatoms. The Labute approximate surface area is 128 Å². The maximum Gasteiger partial charge on any atom is 0.435 e. The van der Waals surface area contributed by atoms with Crippen molar-refractivity contribution in [1.29, 1.82) is 0 Å². The molecule has 1 aliphatic heterocycles. The van der Waals surface area contributed by atoms with Gasteiger partial charge in [0.15, 0.2) is 11.5 Å². The van der Waals surface area contributed by atoms with Crippen LogP contribution in [0.1, 0.15) is 35.1 Å². The Morgan fingerprint density at radius 3 is 2.83 bits per heavy atom. The molecule has 0 saturated heterocycles. The smallest absolute Gasteiger partial charge is 0.333 e. The van der Waals surface area contributed by atoms with E-state index in [2.05, 4.69) is 10.4 Å². The van der Waals surface area contributed by atoms with E-state index in [1.54, 1.807) is 22.9 Å². The van der Waals surface area contributed by atoms with Gasteiger partial charge in [-0.2, -0.15) is 18.3 Å². The van der Waals surface area contributed by atoms with E-state index in [9.17, 15) is 22.8 Å². The summed E-state index contributed by atoms with van der Waals surface area (Å²) in [6, 6.07) is 3.42. The summed E-state index contributed by atoms with van der Waals surface area (Å²) in [6.07, 6.45) is -2.44. The lowest BCUT2D eigenvalue weighted by Gasteiger charge is -2.24. The maximum absolute atomic E-state index is 12.6. The zero-order valence-corrected chi connectivity index (χ0v) is 12.1. The van der Waals surface area contributed by atoms with E-state index in [0.717, 1.165) is 10.7 Å². The summed E-state index contributed by atoms with van der Waals surface area (Å²) < 4.78 is 40.4. The molecule has 1 unspecified atom stereocenters. The van der Waals surface area contributed by atoms with Crippen LogP contribution in [0.15, 0.2) is 24.4 Å². The van der Waals surface area contributed by atoms with Crippen LogP contribution >= 0.6 is 0 Å². The topological polar surface area (TPSA) is 68.9 Å². The van der Waals surface area contributed by atoms with Crippen LogP contribution in [0.2, 0.25) is 0 Å². The number of halogens is 3. The van der Waals surface area contributed by atoms with E-state index in [1.807, 2.05) is 0 Å². The van der Waals surface area contributed by atoms with Gasteiger partial charge in [-0.3, -0.25) is 14.3 Å². The van der Waals surface area contributed by atoms with E-state index in [0.29, 0.717) is 12.1 Å². The number of nitrogens with zero attached hydrogens (tertiary/aromatic N) is 3. The first-order valence-electron chi connectivity index (χ1n) is 6.89. The second-order valence-corrected chi connectivity index (χ2v) is 5.30. The van der Waals surface area contributed by atoms with Crippen molar-refractivity contribution in [2.24, 2.45) is 7.05 Å². The van der Waals surface area contributed by atoms with Crippen molar-refractivity contribution in [2.45, 2.75) is 25.1 Å². The van der Waals surface area contributed by atoms with Crippen molar-refractivity contribution in [3.8, 4) is 0 Å². The van der Waals surface area contributed by atoms with Crippen molar-refractivity contribution in [2.75, 3.05) is 5.32 Å². The lowest BCUT2D eigenvalue weighted by Crippen LogP contribution is -2.32. The summed E-state index contributed by atoms with van der Waals surface area (Å²) >= 11 is 0. The number of rotatable bonds is 2. The van der Waals surface area contributed by atoms with Crippen LogP contribution in [-0.4, -0.2) is 26.0 Å². The molecule has 0 saturated carbocycles. The highest BCUT2D eigenvalue weighted by Crippen LogP contribution is 2.31. The molecule has 0 fully saturated rings. The molecule has 23 heavy (non-hydrogen) atoms. The second-order valence-electron chi connectivity index (χ2n) is 5.30. The lowest BCUT2D eigenvalue weighted by molar-refractivity contribution is -0.141. The third-order valence-electron chi connectivity index (χ3n) is 3.77. The first-order chi connectivity index (χ1) is 10.8. The fourth-order valence-electron chi connectivity index (χ4n) is 2.63. The third kappa shape index (κ3) is 2.73. The number of anilines is 1. The minimum Gasteiger partial charge on any atom is -0.333 e. The molecule has 1 amide bonds. The number of aryl methyl sites for hydroxylation is 1. The Hall–Kier alpha value is -2.58. The Balaban J connectivity index is 1.83. The Morgan fingerprint density at radius 2 is 2.17 bits per heavy atom. The molecule has 122 valence electrons. The zero-order valence-electron chi connectivity index (χ0n) is 12.1. The predicted molar refractivity (Wildman–Crippen MR) is 73.9 cm³/mol. The van der Waals surface area contributed by atoms with Gasteiger partial charge in [0.1, 0.15) is 11.9 Å². The molecule has 6 nitrogen and oxygen atoms in total. The monoisotopic (exact) mass is 326 g/mol. The molecule has 1 atom stereocenters. The number of Topliss-reactive ketones (excluding diaryl/α,β-unsaturated/α-hetero) is 1. The van der Waals surface area contributed by atoms with Crippen LogP contribution in [-0.2, 0) is 18.0 Å². The number of hydrogen-bond donors (Lipinski definition) is 1. The molecule has 3 rings (SSSR count). The quantitative estimate of drug-likeness (QED) is 0.921. The van der Waals surface area contributed by atoms with Crippen LogP contribution < -0.4 is 5.32 Å². The van der Waals surface area contributed by atoms with Crippen molar-refractivity contribution < 1.29 is 22.8 Å². The highest BCUT2D eigenvalue weighted by Gasteiger charge is 2.35. The number of alkyl halides is 3. The molecule has 1 aliphatic rings. The number of carbonyl (C=O) groups excluding carboxylic acids is 2. The van der Waals surface area contributed by atoms with Crippen LogP contribution in [0.4, 0.5) is 19.0 Å². The third-order valence-corrected chi connectivity index (χ3v) is 3.77. The van der Waals surface area contributed by atoms with Gasteiger partial charge >= 0.3 is 6.18 Å². The maximum atomic E-state index is 12.6. The summed E-state index contributed by atoms with van der Waals surface area (Å²) in [7, 11) is 1.32. The molecule has 3 heterocycles. The van der Waals surface area contributed by atoms with E-state index in [1.165, 1.54) is 7.05 Å². The van der Waals surface area contributed by atoms with Crippen molar-refractivity contribution in [1.82, 2.24) is 14.3 Å².